The molecule has 0 saturated heterocycles. The van der Waals surface area contributed by atoms with Crippen molar-refractivity contribution >= 4 is 34.8 Å². The summed E-state index contributed by atoms with van der Waals surface area (Å²) in [5.41, 5.74) is 1.58. The van der Waals surface area contributed by atoms with E-state index in [0.29, 0.717) is 16.5 Å². The Balaban J connectivity index is 1.82. The molecule has 6 nitrogen and oxygen atoms in total. The molecule has 0 spiro atoms. The van der Waals surface area contributed by atoms with Gasteiger partial charge in [0.1, 0.15) is 17.3 Å². The molecule has 0 saturated carbocycles. The minimum absolute atomic E-state index is 0.104. The molecule has 0 aliphatic rings. The number of carbonyl (C=O) groups is 1. The minimum atomic E-state index is -0.464. The summed E-state index contributed by atoms with van der Waals surface area (Å²) in [5, 5.41) is 6.02. The summed E-state index contributed by atoms with van der Waals surface area (Å²) in [6.07, 6.45) is 1.41. The van der Waals surface area contributed by atoms with Gasteiger partial charge in [0.25, 0.3) is 5.91 Å². The molecule has 0 radical (unpaired) electrons. The van der Waals surface area contributed by atoms with Crippen LogP contribution in [0.25, 0.3) is 0 Å². The first kappa shape index (κ1) is 18.6. The SMILES string of the molecule is COc1cc(Cl)c(C)cc1NC(=O)c1ccnc(Nc2ccccc2F)n1. The highest BCUT2D eigenvalue weighted by molar-refractivity contribution is 6.31. The van der Waals surface area contributed by atoms with Crippen molar-refractivity contribution in [3.8, 4) is 5.75 Å². The number of aromatic nitrogens is 2. The number of benzene rings is 2. The van der Waals surface area contributed by atoms with Crippen LogP contribution in [0.2, 0.25) is 5.02 Å². The number of para-hydroxylation sites is 1. The average Bonchev–Trinajstić information content (AvgIpc) is 2.66. The van der Waals surface area contributed by atoms with Gasteiger partial charge in [-0.05, 0) is 36.8 Å². The fourth-order valence-corrected chi connectivity index (χ4v) is 2.50. The van der Waals surface area contributed by atoms with Gasteiger partial charge in [-0.25, -0.2) is 14.4 Å². The van der Waals surface area contributed by atoms with Gasteiger partial charge >= 0.3 is 0 Å². The number of methoxy groups -OCH3 is 1. The van der Waals surface area contributed by atoms with E-state index in [0.717, 1.165) is 5.56 Å². The summed E-state index contributed by atoms with van der Waals surface area (Å²) in [6.45, 7) is 1.82. The molecule has 0 bridgehead atoms. The molecule has 2 aromatic carbocycles. The maximum Gasteiger partial charge on any atom is 0.274 e. The number of aryl methyl sites for hydroxylation is 1. The lowest BCUT2D eigenvalue weighted by Crippen LogP contribution is -2.15. The molecule has 138 valence electrons. The summed E-state index contributed by atoms with van der Waals surface area (Å²) in [4.78, 5) is 20.7. The first-order valence-electron chi connectivity index (χ1n) is 7.98. The Morgan fingerprint density at radius 3 is 2.70 bits per heavy atom. The molecule has 0 unspecified atom stereocenters. The Morgan fingerprint density at radius 2 is 1.96 bits per heavy atom. The maximum absolute atomic E-state index is 13.8. The van der Waals surface area contributed by atoms with Crippen molar-refractivity contribution in [1.29, 1.82) is 0 Å². The van der Waals surface area contributed by atoms with Crippen molar-refractivity contribution < 1.29 is 13.9 Å². The van der Waals surface area contributed by atoms with E-state index >= 15 is 0 Å². The molecule has 27 heavy (non-hydrogen) atoms. The molecule has 0 atom stereocenters. The quantitative estimate of drug-likeness (QED) is 0.671. The number of ether oxygens (including phenoxy) is 1. The normalized spacial score (nSPS) is 10.4. The lowest BCUT2D eigenvalue weighted by molar-refractivity contribution is 0.102. The molecule has 3 aromatic rings. The standard InChI is InChI=1S/C19H16ClFN4O2/c1-11-9-16(17(27-2)10-12(11)20)23-18(26)15-7-8-22-19(25-15)24-14-6-4-3-5-13(14)21/h3-10H,1-2H3,(H,23,26)(H,22,24,25). The number of nitrogens with one attached hydrogen (secondary N) is 2. The van der Waals surface area contributed by atoms with Crippen molar-refractivity contribution in [2.24, 2.45) is 0 Å². The van der Waals surface area contributed by atoms with Crippen LogP contribution in [0.15, 0.2) is 48.7 Å². The number of hydrogen-bond acceptors (Lipinski definition) is 5. The van der Waals surface area contributed by atoms with Crippen molar-refractivity contribution in [2.45, 2.75) is 6.92 Å². The zero-order valence-electron chi connectivity index (χ0n) is 14.6. The first-order valence-corrected chi connectivity index (χ1v) is 8.36. The average molecular weight is 387 g/mol. The van der Waals surface area contributed by atoms with Crippen LogP contribution in [-0.4, -0.2) is 23.0 Å². The number of nitrogens with zero attached hydrogens (tertiary/aromatic N) is 2. The monoisotopic (exact) mass is 386 g/mol. The molecule has 2 N–H and O–H groups in total. The number of amides is 1. The third kappa shape index (κ3) is 4.32. The molecule has 1 aromatic heterocycles. The Kier molecular flexibility index (Phi) is 5.52. The fourth-order valence-electron chi connectivity index (χ4n) is 2.34. The van der Waals surface area contributed by atoms with E-state index in [1.165, 1.54) is 25.4 Å². The molecule has 0 aliphatic heterocycles. The highest BCUT2D eigenvalue weighted by atomic mass is 35.5. The number of rotatable bonds is 5. The van der Waals surface area contributed by atoms with Crippen LogP contribution in [0, 0.1) is 12.7 Å². The number of carbonyl (C=O) groups excluding carboxylic acids is 1. The fraction of sp³-hybridized carbons (Fsp3) is 0.105. The van der Waals surface area contributed by atoms with Gasteiger partial charge in [0.2, 0.25) is 5.95 Å². The zero-order chi connectivity index (χ0) is 19.4. The van der Waals surface area contributed by atoms with Crippen LogP contribution in [0.1, 0.15) is 16.1 Å². The van der Waals surface area contributed by atoms with Crippen LogP contribution in [-0.2, 0) is 0 Å². The highest BCUT2D eigenvalue weighted by Gasteiger charge is 2.14. The summed E-state index contributed by atoms with van der Waals surface area (Å²) < 4.78 is 19.0. The smallest absolute Gasteiger partial charge is 0.274 e. The Labute approximate surface area is 160 Å². The van der Waals surface area contributed by atoms with Crippen LogP contribution < -0.4 is 15.4 Å². The van der Waals surface area contributed by atoms with E-state index in [9.17, 15) is 9.18 Å². The summed E-state index contributed by atoms with van der Waals surface area (Å²) in [6, 6.07) is 10.9. The number of anilines is 3. The molecule has 1 heterocycles. The minimum Gasteiger partial charge on any atom is -0.495 e. The number of hydrogen-bond donors (Lipinski definition) is 2. The van der Waals surface area contributed by atoms with E-state index in [1.54, 1.807) is 30.3 Å². The third-order valence-electron chi connectivity index (χ3n) is 3.74. The van der Waals surface area contributed by atoms with E-state index in [2.05, 4.69) is 20.6 Å². The van der Waals surface area contributed by atoms with Gasteiger partial charge in [0.05, 0.1) is 18.5 Å². The lowest BCUT2D eigenvalue weighted by Gasteiger charge is -2.12. The van der Waals surface area contributed by atoms with Crippen molar-refractivity contribution in [3.05, 3.63) is 70.8 Å². The van der Waals surface area contributed by atoms with Crippen LogP contribution in [0.5, 0.6) is 5.75 Å². The van der Waals surface area contributed by atoms with Gasteiger partial charge in [-0.1, -0.05) is 23.7 Å². The predicted molar refractivity (Wildman–Crippen MR) is 102 cm³/mol. The van der Waals surface area contributed by atoms with Gasteiger partial charge in [-0.15, -0.1) is 0 Å². The van der Waals surface area contributed by atoms with E-state index in [1.807, 2.05) is 6.92 Å². The molecule has 3 rings (SSSR count). The Hall–Kier alpha value is -3.19. The van der Waals surface area contributed by atoms with Crippen LogP contribution in [0.3, 0.4) is 0 Å². The van der Waals surface area contributed by atoms with E-state index < -0.39 is 11.7 Å². The van der Waals surface area contributed by atoms with Gasteiger partial charge in [0.15, 0.2) is 0 Å². The second-order valence-electron chi connectivity index (χ2n) is 5.63. The highest BCUT2D eigenvalue weighted by Crippen LogP contribution is 2.31. The summed E-state index contributed by atoms with van der Waals surface area (Å²) >= 11 is 6.08. The Bertz CT molecular complexity index is 997. The van der Waals surface area contributed by atoms with Crippen LogP contribution in [0.4, 0.5) is 21.7 Å². The largest absolute Gasteiger partial charge is 0.495 e. The number of halogens is 2. The van der Waals surface area contributed by atoms with Gasteiger partial charge in [-0.3, -0.25) is 4.79 Å². The van der Waals surface area contributed by atoms with Crippen molar-refractivity contribution in [2.75, 3.05) is 17.7 Å². The van der Waals surface area contributed by atoms with Crippen molar-refractivity contribution in [1.82, 2.24) is 9.97 Å². The molecule has 0 fully saturated rings. The molecular weight excluding hydrogens is 371 g/mol. The summed E-state index contributed by atoms with van der Waals surface area (Å²) in [5.74, 6) is -0.379. The topological polar surface area (TPSA) is 76.1 Å². The molecule has 8 heteroatoms. The summed E-state index contributed by atoms with van der Waals surface area (Å²) in [7, 11) is 1.48. The van der Waals surface area contributed by atoms with E-state index in [4.69, 9.17) is 16.3 Å². The Morgan fingerprint density at radius 1 is 1.19 bits per heavy atom. The van der Waals surface area contributed by atoms with E-state index in [-0.39, 0.29) is 17.3 Å². The predicted octanol–water partition coefficient (Wildman–Crippen LogP) is 4.58. The third-order valence-corrected chi connectivity index (χ3v) is 4.14. The van der Waals surface area contributed by atoms with Gasteiger partial charge < -0.3 is 15.4 Å². The lowest BCUT2D eigenvalue weighted by atomic mass is 10.2. The molecule has 1 amide bonds. The first-order chi connectivity index (χ1) is 13.0. The second-order valence-corrected chi connectivity index (χ2v) is 6.03. The van der Waals surface area contributed by atoms with Gasteiger partial charge in [0, 0.05) is 17.3 Å². The molecule has 0 aliphatic carbocycles. The zero-order valence-corrected chi connectivity index (χ0v) is 15.3. The maximum atomic E-state index is 13.8. The van der Waals surface area contributed by atoms with Crippen LogP contribution >= 0.6 is 11.6 Å². The molecular formula is C19H16ClFN4O2. The second kappa shape index (κ2) is 8.01. The van der Waals surface area contributed by atoms with Gasteiger partial charge in [-0.2, -0.15) is 0 Å². The van der Waals surface area contributed by atoms with Crippen molar-refractivity contribution in [3.63, 3.8) is 0 Å².